The number of methoxy groups -OCH3 is 1. The number of ether oxygens (including phenoxy) is 1. The third-order valence-electron chi connectivity index (χ3n) is 7.03. The van der Waals surface area contributed by atoms with Gasteiger partial charge in [0.25, 0.3) is 11.8 Å². The first-order valence-corrected chi connectivity index (χ1v) is 13.9. The summed E-state index contributed by atoms with van der Waals surface area (Å²) in [5.74, 6) is -1.95. The minimum Gasteiger partial charge on any atom is -0.481 e. The molecule has 0 aromatic heterocycles. The van der Waals surface area contributed by atoms with Gasteiger partial charge in [-0.3, -0.25) is 14.4 Å². The van der Waals surface area contributed by atoms with E-state index in [9.17, 15) is 24.3 Å². The average molecular weight is 593 g/mol. The predicted octanol–water partition coefficient (Wildman–Crippen LogP) is 5.13. The van der Waals surface area contributed by atoms with Crippen LogP contribution in [0.4, 0.5) is 16.2 Å². The smallest absolute Gasteiger partial charge is 0.409 e. The first-order chi connectivity index (χ1) is 20.1. The summed E-state index contributed by atoms with van der Waals surface area (Å²) in [5.41, 5.74) is 3.34. The molecule has 1 heterocycles. The van der Waals surface area contributed by atoms with Crippen LogP contribution in [0.5, 0.6) is 0 Å². The van der Waals surface area contributed by atoms with Crippen molar-refractivity contribution in [1.29, 1.82) is 0 Å². The highest BCUT2D eigenvalue weighted by Crippen LogP contribution is 2.30. The number of nitrogens with zero attached hydrogens (tertiary/aromatic N) is 2. The summed E-state index contributed by atoms with van der Waals surface area (Å²) in [6.45, 7) is 3.95. The van der Waals surface area contributed by atoms with Crippen LogP contribution >= 0.6 is 11.6 Å². The molecular formula is C31H33ClN4O6. The molecule has 1 unspecified atom stereocenters. The third kappa shape index (κ3) is 7.79. The highest BCUT2D eigenvalue weighted by Gasteiger charge is 2.24. The Labute approximate surface area is 249 Å². The van der Waals surface area contributed by atoms with Crippen LogP contribution in [-0.4, -0.2) is 67.2 Å². The minimum atomic E-state index is -1.05. The molecule has 1 aliphatic heterocycles. The van der Waals surface area contributed by atoms with Crippen molar-refractivity contribution in [3.8, 4) is 0 Å². The first kappa shape index (κ1) is 30.4. The monoisotopic (exact) mass is 592 g/mol. The molecule has 4 rings (SSSR count). The topological polar surface area (TPSA) is 128 Å². The second-order valence-electron chi connectivity index (χ2n) is 10.0. The largest absolute Gasteiger partial charge is 0.481 e. The molecule has 42 heavy (non-hydrogen) atoms. The fraction of sp³-hybridized carbons (Fsp3) is 0.290. The molecule has 1 fully saturated rings. The van der Waals surface area contributed by atoms with Crippen molar-refractivity contribution >= 4 is 46.9 Å². The van der Waals surface area contributed by atoms with Crippen molar-refractivity contribution in [2.45, 2.75) is 25.8 Å². The van der Waals surface area contributed by atoms with Gasteiger partial charge < -0.3 is 30.3 Å². The maximum absolute atomic E-state index is 13.4. The molecule has 3 amide bonds. The molecule has 11 heteroatoms. The number of nitrogens with one attached hydrogen (secondary N) is 2. The lowest BCUT2D eigenvalue weighted by Crippen LogP contribution is -2.35. The van der Waals surface area contributed by atoms with Gasteiger partial charge in [0.15, 0.2) is 0 Å². The van der Waals surface area contributed by atoms with Gasteiger partial charge in [-0.2, -0.15) is 0 Å². The normalized spacial score (nSPS) is 14.0. The van der Waals surface area contributed by atoms with Crippen molar-refractivity contribution in [2.75, 3.05) is 43.5 Å². The van der Waals surface area contributed by atoms with Crippen LogP contribution in [0.3, 0.4) is 0 Å². The minimum absolute atomic E-state index is 0.244. The Morgan fingerprint density at radius 3 is 2.36 bits per heavy atom. The molecule has 0 bridgehead atoms. The summed E-state index contributed by atoms with van der Waals surface area (Å²) in [4.78, 5) is 54.0. The van der Waals surface area contributed by atoms with Crippen LogP contribution in [0.25, 0.3) is 0 Å². The highest BCUT2D eigenvalue weighted by atomic mass is 35.5. The fourth-order valence-corrected chi connectivity index (χ4v) is 5.00. The highest BCUT2D eigenvalue weighted by molar-refractivity contribution is 6.31. The van der Waals surface area contributed by atoms with Crippen molar-refractivity contribution < 1.29 is 29.0 Å². The van der Waals surface area contributed by atoms with E-state index in [-0.39, 0.29) is 12.0 Å². The molecule has 0 saturated carbocycles. The lowest BCUT2D eigenvalue weighted by molar-refractivity contribution is -0.137. The lowest BCUT2D eigenvalue weighted by Gasteiger charge is -2.26. The number of anilines is 2. The number of aryl methyl sites for hydroxylation is 1. The third-order valence-corrected chi connectivity index (χ3v) is 7.26. The van der Waals surface area contributed by atoms with Crippen molar-refractivity contribution in [1.82, 2.24) is 10.2 Å². The molecule has 3 aromatic rings. The number of hydrogen-bond donors (Lipinski definition) is 3. The van der Waals surface area contributed by atoms with E-state index in [1.165, 1.54) is 7.11 Å². The Kier molecular flexibility index (Phi) is 10.0. The van der Waals surface area contributed by atoms with Crippen LogP contribution in [0.2, 0.25) is 5.02 Å². The second-order valence-corrected chi connectivity index (χ2v) is 10.5. The predicted molar refractivity (Wildman–Crippen MR) is 160 cm³/mol. The van der Waals surface area contributed by atoms with E-state index in [1.807, 2.05) is 24.0 Å². The molecule has 1 atom stereocenters. The Bertz CT molecular complexity index is 1460. The van der Waals surface area contributed by atoms with Crippen LogP contribution in [0.1, 0.15) is 50.7 Å². The van der Waals surface area contributed by atoms with Gasteiger partial charge in [-0.05, 0) is 55.3 Å². The van der Waals surface area contributed by atoms with Crippen molar-refractivity contribution in [3.05, 3.63) is 94.0 Å². The van der Waals surface area contributed by atoms with E-state index in [0.29, 0.717) is 60.1 Å². The Hall–Kier alpha value is -4.57. The zero-order chi connectivity index (χ0) is 30.2. The molecule has 0 aliphatic carbocycles. The van der Waals surface area contributed by atoms with Crippen molar-refractivity contribution in [2.24, 2.45) is 0 Å². The summed E-state index contributed by atoms with van der Waals surface area (Å²) in [6, 6.07) is 18.0. The number of hydrogen-bond acceptors (Lipinski definition) is 6. The van der Waals surface area contributed by atoms with Gasteiger partial charge in [0, 0.05) is 42.3 Å². The first-order valence-electron chi connectivity index (χ1n) is 13.5. The zero-order valence-corrected chi connectivity index (χ0v) is 24.2. The molecule has 1 saturated heterocycles. The van der Waals surface area contributed by atoms with Gasteiger partial charge >= 0.3 is 12.1 Å². The van der Waals surface area contributed by atoms with Gasteiger partial charge in [0.1, 0.15) is 0 Å². The number of halogens is 1. The summed E-state index contributed by atoms with van der Waals surface area (Å²) in [6.07, 6.45) is -0.0230. The Morgan fingerprint density at radius 2 is 1.67 bits per heavy atom. The fourth-order valence-electron chi connectivity index (χ4n) is 4.81. The summed E-state index contributed by atoms with van der Waals surface area (Å²) < 4.78 is 4.88. The number of amides is 3. The molecule has 0 radical (unpaired) electrons. The van der Waals surface area contributed by atoms with Gasteiger partial charge in [0.2, 0.25) is 0 Å². The number of carbonyl (C=O) groups excluding carboxylic acids is 3. The number of benzene rings is 3. The van der Waals surface area contributed by atoms with Crippen molar-refractivity contribution in [3.63, 3.8) is 0 Å². The molecule has 1 aliphatic rings. The summed E-state index contributed by atoms with van der Waals surface area (Å²) >= 11 is 6.10. The van der Waals surface area contributed by atoms with Gasteiger partial charge in [-0.15, -0.1) is 0 Å². The van der Waals surface area contributed by atoms with Gasteiger partial charge in [-0.1, -0.05) is 47.5 Å². The number of carbonyl (C=O) groups is 4. The van der Waals surface area contributed by atoms with E-state index in [1.54, 1.807) is 59.5 Å². The summed E-state index contributed by atoms with van der Waals surface area (Å²) in [5, 5.41) is 15.6. The van der Waals surface area contributed by atoms with Crippen LogP contribution in [-0.2, 0) is 9.53 Å². The molecular weight excluding hydrogens is 560 g/mol. The molecule has 10 nitrogen and oxygen atoms in total. The van der Waals surface area contributed by atoms with Gasteiger partial charge in [-0.25, -0.2) is 4.79 Å². The summed E-state index contributed by atoms with van der Waals surface area (Å²) in [7, 11) is 1.35. The maximum atomic E-state index is 13.4. The number of aliphatic carboxylic acids is 1. The molecule has 3 aromatic carbocycles. The maximum Gasteiger partial charge on any atom is 0.409 e. The van der Waals surface area contributed by atoms with E-state index < -0.39 is 29.9 Å². The second kappa shape index (κ2) is 13.9. The standard InChI is InChI=1S/C31H33ClN4O6/c1-20-7-9-21(10-8-20)25(19-28(37)38)33-30(40)23-11-12-27(35-13-4-14-36(16-15-35)31(41)42-2)26(18-23)34-29(39)22-5-3-6-24(32)17-22/h3,5-12,17-18,25H,4,13-16,19H2,1-2H3,(H,33,40)(H,34,39)(H,37,38). The Balaban J connectivity index is 1.64. The van der Waals surface area contributed by atoms with Crippen LogP contribution in [0, 0.1) is 6.92 Å². The van der Waals surface area contributed by atoms with E-state index in [0.717, 1.165) is 5.56 Å². The van der Waals surface area contributed by atoms with Gasteiger partial charge in [0.05, 0.1) is 30.9 Å². The average Bonchev–Trinajstić information content (AvgIpc) is 3.23. The van der Waals surface area contributed by atoms with Crippen LogP contribution < -0.4 is 15.5 Å². The zero-order valence-electron chi connectivity index (χ0n) is 23.4. The van der Waals surface area contributed by atoms with E-state index in [4.69, 9.17) is 16.3 Å². The Morgan fingerprint density at radius 1 is 0.929 bits per heavy atom. The number of carboxylic acids is 1. The lowest BCUT2D eigenvalue weighted by atomic mass is 10.0. The van der Waals surface area contributed by atoms with Crippen LogP contribution in [0.15, 0.2) is 66.7 Å². The molecule has 220 valence electrons. The molecule has 0 spiro atoms. The molecule has 3 N–H and O–H groups in total. The van der Waals surface area contributed by atoms with E-state index >= 15 is 0 Å². The SMILES string of the molecule is COC(=O)N1CCCN(c2ccc(C(=O)NC(CC(=O)O)c3ccc(C)cc3)cc2NC(=O)c2cccc(Cl)c2)CC1. The number of carboxylic acid groups (broad SMARTS) is 1. The number of rotatable bonds is 8. The van der Waals surface area contributed by atoms with E-state index in [2.05, 4.69) is 10.6 Å². The quantitative estimate of drug-likeness (QED) is 0.331.